The molecule has 0 aromatic heterocycles. The van der Waals surface area contributed by atoms with Gasteiger partial charge in [0.2, 0.25) is 10.0 Å². The van der Waals surface area contributed by atoms with Crippen LogP contribution in [0, 0.1) is 0 Å². The van der Waals surface area contributed by atoms with Gasteiger partial charge in [0.05, 0.1) is 18.9 Å². The van der Waals surface area contributed by atoms with Crippen LogP contribution >= 0.6 is 0 Å². The highest BCUT2D eigenvalue weighted by atomic mass is 32.2. The zero-order valence-electron chi connectivity index (χ0n) is 16.9. The van der Waals surface area contributed by atoms with Gasteiger partial charge in [0.25, 0.3) is 0 Å². The number of aliphatic hydroxyl groups is 1. The average Bonchev–Trinajstić information content (AvgIpc) is 2.56. The Labute approximate surface area is 175 Å². The summed E-state index contributed by atoms with van der Waals surface area (Å²) in [5.41, 5.74) is -1.52. The van der Waals surface area contributed by atoms with Gasteiger partial charge in [-0.1, -0.05) is 0 Å². The fourth-order valence-corrected chi connectivity index (χ4v) is 4.23. The molecule has 1 aromatic rings. The molecule has 1 aliphatic rings. The molecule has 0 fully saturated rings. The minimum atomic E-state index is -4.89. The van der Waals surface area contributed by atoms with Crippen LogP contribution in [-0.4, -0.2) is 61.3 Å². The second kappa shape index (κ2) is 8.66. The molecular formula is C18H23F6NO5S. The van der Waals surface area contributed by atoms with E-state index in [1.165, 1.54) is 32.0 Å². The van der Waals surface area contributed by atoms with E-state index >= 15 is 0 Å². The lowest BCUT2D eigenvalue weighted by atomic mass is 9.86. The minimum Gasteiger partial charge on any atom is -0.494 e. The third-order valence-electron chi connectivity index (χ3n) is 4.63. The molecule has 0 radical (unpaired) electrons. The van der Waals surface area contributed by atoms with Crippen LogP contribution in [-0.2, 0) is 10.0 Å². The molecule has 1 heterocycles. The molecule has 0 saturated heterocycles. The number of rotatable bonds is 7. The Bertz CT molecular complexity index is 884. The molecule has 0 saturated carbocycles. The van der Waals surface area contributed by atoms with Gasteiger partial charge in [0.1, 0.15) is 29.7 Å². The van der Waals surface area contributed by atoms with Crippen LogP contribution in [0.4, 0.5) is 26.3 Å². The van der Waals surface area contributed by atoms with Gasteiger partial charge in [-0.05, 0) is 38.5 Å². The van der Waals surface area contributed by atoms with Gasteiger partial charge in [0.15, 0.2) is 0 Å². The molecule has 2 atom stereocenters. The largest absolute Gasteiger partial charge is 0.494 e. The first-order valence-corrected chi connectivity index (χ1v) is 11.0. The van der Waals surface area contributed by atoms with E-state index in [4.69, 9.17) is 9.47 Å². The van der Waals surface area contributed by atoms with Crippen molar-refractivity contribution in [1.82, 2.24) is 4.31 Å². The number of alkyl halides is 6. The second-order valence-electron chi connectivity index (χ2n) is 7.79. The highest BCUT2D eigenvalue weighted by Gasteiger charge is 2.50. The normalized spacial score (nSPS) is 21.5. The first-order chi connectivity index (χ1) is 13.9. The van der Waals surface area contributed by atoms with Gasteiger partial charge in [-0.25, -0.2) is 8.42 Å². The zero-order valence-corrected chi connectivity index (χ0v) is 17.7. The summed E-state index contributed by atoms with van der Waals surface area (Å²) in [6, 6.07) is 2.16. The monoisotopic (exact) mass is 479 g/mol. The Hall–Kier alpha value is -1.73. The average molecular weight is 479 g/mol. The van der Waals surface area contributed by atoms with Crippen LogP contribution in [0.3, 0.4) is 0 Å². The van der Waals surface area contributed by atoms with Crippen molar-refractivity contribution in [3.8, 4) is 11.5 Å². The van der Waals surface area contributed by atoms with Crippen molar-refractivity contribution in [3.63, 3.8) is 0 Å². The lowest BCUT2D eigenvalue weighted by Gasteiger charge is -2.45. The highest BCUT2D eigenvalue weighted by Crippen LogP contribution is 2.45. The number of halogens is 6. The van der Waals surface area contributed by atoms with Crippen molar-refractivity contribution < 1.29 is 49.3 Å². The molecule has 0 bridgehead atoms. The van der Waals surface area contributed by atoms with Gasteiger partial charge in [-0.2, -0.15) is 30.6 Å². The molecule has 31 heavy (non-hydrogen) atoms. The molecule has 1 N–H and O–H groups in total. The SMILES string of the molecule is CC1(C)Oc2ccc(OCCCC(F)(F)F)cc2[C@H](N(CC(F)(F)F)S(C)(=O)=O)[C@H]1O. The van der Waals surface area contributed by atoms with Crippen molar-refractivity contribution in [2.75, 3.05) is 19.4 Å². The highest BCUT2D eigenvalue weighted by molar-refractivity contribution is 7.88. The van der Waals surface area contributed by atoms with Crippen LogP contribution in [0.25, 0.3) is 0 Å². The summed E-state index contributed by atoms with van der Waals surface area (Å²) in [6.07, 6.45) is -11.8. The summed E-state index contributed by atoms with van der Waals surface area (Å²) in [5.74, 6) is 0.0284. The molecule has 0 unspecified atom stereocenters. The van der Waals surface area contributed by atoms with Gasteiger partial charge in [0, 0.05) is 12.0 Å². The number of nitrogens with zero attached hydrogens (tertiary/aromatic N) is 1. The quantitative estimate of drug-likeness (QED) is 0.476. The Morgan fingerprint density at radius 3 is 2.29 bits per heavy atom. The number of aliphatic hydroxyl groups excluding tert-OH is 1. The number of fused-ring (bicyclic) bond motifs is 1. The Balaban J connectivity index is 2.42. The van der Waals surface area contributed by atoms with E-state index in [0.717, 1.165) is 0 Å². The standard InChI is InChI=1S/C18H23F6NO5S/c1-16(2)15(26)14(25(31(3,27)28)10-18(22,23)24)12-9-11(5-6-13(12)30-16)29-8-4-7-17(19,20)21/h5-6,9,14-15,26H,4,7-8,10H2,1-3H3/t14-,15+/m0/s1. The molecule has 1 aromatic carbocycles. The molecule has 6 nitrogen and oxygen atoms in total. The molecule has 178 valence electrons. The Morgan fingerprint density at radius 1 is 1.16 bits per heavy atom. The topological polar surface area (TPSA) is 76.1 Å². The molecule has 0 spiro atoms. The summed E-state index contributed by atoms with van der Waals surface area (Å²) < 4.78 is 112. The van der Waals surface area contributed by atoms with Gasteiger partial charge >= 0.3 is 12.4 Å². The van der Waals surface area contributed by atoms with Crippen molar-refractivity contribution in [2.24, 2.45) is 0 Å². The van der Waals surface area contributed by atoms with E-state index in [1.807, 2.05) is 0 Å². The summed E-state index contributed by atoms with van der Waals surface area (Å²) in [4.78, 5) is 0. The predicted molar refractivity (Wildman–Crippen MR) is 98.3 cm³/mol. The smallest absolute Gasteiger partial charge is 0.402 e. The van der Waals surface area contributed by atoms with E-state index in [2.05, 4.69) is 0 Å². The summed E-state index contributed by atoms with van der Waals surface area (Å²) in [6.45, 7) is 0.613. The maximum Gasteiger partial charge on any atom is 0.402 e. The zero-order chi connectivity index (χ0) is 23.8. The maximum atomic E-state index is 13.1. The first-order valence-electron chi connectivity index (χ1n) is 9.15. The maximum absolute atomic E-state index is 13.1. The Kier molecular flexibility index (Phi) is 7.13. The van der Waals surface area contributed by atoms with Crippen molar-refractivity contribution in [2.45, 2.75) is 56.8 Å². The minimum absolute atomic E-state index is 0.00175. The van der Waals surface area contributed by atoms with E-state index in [-0.39, 0.29) is 34.4 Å². The molecule has 0 amide bonds. The van der Waals surface area contributed by atoms with E-state index in [0.29, 0.717) is 6.26 Å². The summed E-state index contributed by atoms with van der Waals surface area (Å²) >= 11 is 0. The van der Waals surface area contributed by atoms with Crippen LogP contribution in [0.15, 0.2) is 18.2 Å². The number of benzene rings is 1. The predicted octanol–water partition coefficient (Wildman–Crippen LogP) is 3.80. The molecule has 2 rings (SSSR count). The van der Waals surface area contributed by atoms with Crippen molar-refractivity contribution in [3.05, 3.63) is 23.8 Å². The summed E-state index contributed by atoms with van der Waals surface area (Å²) in [5, 5.41) is 10.7. The fraction of sp³-hybridized carbons (Fsp3) is 0.667. The number of hydrogen-bond donors (Lipinski definition) is 1. The van der Waals surface area contributed by atoms with Gasteiger partial charge in [-0.15, -0.1) is 0 Å². The van der Waals surface area contributed by atoms with Crippen LogP contribution in [0.5, 0.6) is 11.5 Å². The van der Waals surface area contributed by atoms with E-state index in [1.54, 1.807) is 0 Å². The first kappa shape index (κ1) is 25.5. The Morgan fingerprint density at radius 2 is 1.77 bits per heavy atom. The molecule has 13 heteroatoms. The molecule has 1 aliphatic heterocycles. The van der Waals surface area contributed by atoms with E-state index in [9.17, 15) is 39.9 Å². The van der Waals surface area contributed by atoms with Crippen LogP contribution in [0.2, 0.25) is 0 Å². The van der Waals surface area contributed by atoms with Crippen molar-refractivity contribution >= 4 is 10.0 Å². The lowest BCUT2D eigenvalue weighted by molar-refractivity contribution is -0.152. The third kappa shape index (κ3) is 6.88. The third-order valence-corrected chi connectivity index (χ3v) is 5.84. The van der Waals surface area contributed by atoms with Gasteiger partial charge in [-0.3, -0.25) is 0 Å². The second-order valence-corrected chi connectivity index (χ2v) is 9.72. The van der Waals surface area contributed by atoms with Crippen LogP contribution < -0.4 is 9.47 Å². The number of ether oxygens (including phenoxy) is 2. The molecular weight excluding hydrogens is 456 g/mol. The van der Waals surface area contributed by atoms with Gasteiger partial charge < -0.3 is 14.6 Å². The number of hydrogen-bond acceptors (Lipinski definition) is 5. The summed E-state index contributed by atoms with van der Waals surface area (Å²) in [7, 11) is -4.44. The molecule has 0 aliphatic carbocycles. The van der Waals surface area contributed by atoms with Crippen molar-refractivity contribution in [1.29, 1.82) is 0 Å². The lowest BCUT2D eigenvalue weighted by Crippen LogP contribution is -2.55. The fourth-order valence-electron chi connectivity index (χ4n) is 3.21. The number of sulfonamides is 1. The van der Waals surface area contributed by atoms with Crippen LogP contribution in [0.1, 0.15) is 38.3 Å². The van der Waals surface area contributed by atoms with E-state index < -0.39 is 53.1 Å².